The molecule has 0 fully saturated rings. The van der Waals surface area contributed by atoms with Crippen LogP contribution in [-0.4, -0.2) is 125 Å². The number of carbonyl (C=O) groups excluding carboxylic acids is 4. The molecule has 426 valence electrons. The summed E-state index contributed by atoms with van der Waals surface area (Å²) in [5.74, 6) is -0.0810. The fourth-order valence-electron chi connectivity index (χ4n) is 9.37. The van der Waals surface area contributed by atoms with Crippen LogP contribution in [0.1, 0.15) is 272 Å². The molecule has 0 bridgehead atoms. The van der Waals surface area contributed by atoms with E-state index in [1.807, 2.05) is 9.80 Å². The predicted octanol–water partition coefficient (Wildman–Crippen LogP) is 12.1. The molecule has 4 amide bonds. The zero-order valence-electron chi connectivity index (χ0n) is 48.3. The van der Waals surface area contributed by atoms with Gasteiger partial charge in [0.1, 0.15) is 0 Å². The van der Waals surface area contributed by atoms with Gasteiger partial charge in [-0.2, -0.15) is 0 Å². The highest BCUT2D eigenvalue weighted by molar-refractivity contribution is 5.81. The van der Waals surface area contributed by atoms with E-state index in [4.69, 9.17) is 0 Å². The molecule has 0 spiro atoms. The van der Waals surface area contributed by atoms with Gasteiger partial charge >= 0.3 is 0 Å². The van der Waals surface area contributed by atoms with Gasteiger partial charge in [-0.1, -0.05) is 246 Å². The summed E-state index contributed by atoms with van der Waals surface area (Å²) >= 11 is 0. The topological polar surface area (TPSA) is 147 Å². The van der Waals surface area contributed by atoms with Gasteiger partial charge in [0.2, 0.25) is 23.6 Å². The largest absolute Gasteiger partial charge is 0.355 e. The molecule has 0 saturated carbocycles. The third-order valence-corrected chi connectivity index (χ3v) is 14.1. The van der Waals surface area contributed by atoms with Crippen LogP contribution in [-0.2, 0) is 19.2 Å². The minimum Gasteiger partial charge on any atom is -0.355 e. The Kier molecular flexibility index (Phi) is 56.2. The Bertz CT molecular complexity index is 1140. The third kappa shape index (κ3) is 54.0. The molecule has 0 aromatic rings. The van der Waals surface area contributed by atoms with Crippen LogP contribution in [0.15, 0.2) is 0 Å². The van der Waals surface area contributed by atoms with Crippen molar-refractivity contribution in [2.24, 2.45) is 0 Å². The van der Waals surface area contributed by atoms with E-state index in [9.17, 15) is 19.2 Å². The molecule has 12 nitrogen and oxygen atoms in total. The summed E-state index contributed by atoms with van der Waals surface area (Å²) in [6.45, 7) is 16.5. The maximum absolute atomic E-state index is 13.0. The average Bonchev–Trinajstić information content (AvgIpc) is 3.36. The Morgan fingerprint density at radius 2 is 0.417 bits per heavy atom. The zero-order valence-corrected chi connectivity index (χ0v) is 48.3. The average molecular weight is 1020 g/mol. The first-order valence-corrected chi connectivity index (χ1v) is 31.3. The normalized spacial score (nSPS) is 11.5. The van der Waals surface area contributed by atoms with E-state index in [1.54, 1.807) is 0 Å². The maximum Gasteiger partial charge on any atom is 0.234 e. The minimum absolute atomic E-state index is 0.0195. The minimum atomic E-state index is -0.0216. The van der Waals surface area contributed by atoms with Crippen molar-refractivity contribution >= 4 is 23.6 Å². The Balaban J connectivity index is 4.87. The van der Waals surface area contributed by atoms with Crippen molar-refractivity contribution in [3.8, 4) is 0 Å². The third-order valence-electron chi connectivity index (χ3n) is 14.1. The van der Waals surface area contributed by atoms with Crippen LogP contribution in [0.3, 0.4) is 0 Å². The van der Waals surface area contributed by atoms with Crippen molar-refractivity contribution < 1.29 is 19.2 Å². The smallest absolute Gasteiger partial charge is 0.234 e. The van der Waals surface area contributed by atoms with E-state index >= 15 is 0 Å². The van der Waals surface area contributed by atoms with Crippen LogP contribution < -0.4 is 31.9 Å². The van der Waals surface area contributed by atoms with Gasteiger partial charge in [-0.25, -0.2) is 0 Å². The standard InChI is InChI=1S/C60H122N8O4/c1-5-9-13-17-21-25-28-32-36-40-44-64-58(70)54-67(53-57(69)63-43-39-35-31-24-20-16-12-8-4)51-49-61-47-48-62-50-52-68(55-59(71)65-45-41-37-33-29-26-22-18-14-10-6-2)56-60(72)66-46-42-38-34-30-27-23-19-15-11-7-3/h61-62H,5-56H2,1-4H3,(H,63,69)(H,64,70)(H,65,71)(H,66,72). The van der Waals surface area contributed by atoms with Crippen LogP contribution in [0.25, 0.3) is 0 Å². The molecule has 0 rings (SSSR count). The Labute approximate surface area is 446 Å². The summed E-state index contributed by atoms with van der Waals surface area (Å²) in [6, 6.07) is 0. The Hall–Kier alpha value is -2.28. The molecule has 0 saturated heterocycles. The second-order valence-electron chi connectivity index (χ2n) is 21.3. The first-order valence-electron chi connectivity index (χ1n) is 31.3. The fourth-order valence-corrected chi connectivity index (χ4v) is 9.37. The SMILES string of the molecule is CCCCCCCCCCCCNC(=O)CN(CCNCCNCCN(CC(=O)NCCCCCCCCCCCC)CC(=O)NCCCCCCCCCCCC)CC(=O)NCCCCCCCCCC. The summed E-state index contributed by atoms with van der Waals surface area (Å²) in [4.78, 5) is 56.1. The number of hydrogen-bond acceptors (Lipinski definition) is 8. The highest BCUT2D eigenvalue weighted by Gasteiger charge is 2.16. The number of nitrogens with zero attached hydrogens (tertiary/aromatic N) is 2. The maximum atomic E-state index is 13.0. The van der Waals surface area contributed by atoms with Crippen molar-refractivity contribution in [2.75, 3.05) is 91.6 Å². The summed E-state index contributed by atoms with van der Waals surface area (Å²) in [7, 11) is 0. The van der Waals surface area contributed by atoms with Crippen LogP contribution in [0.2, 0.25) is 0 Å². The van der Waals surface area contributed by atoms with E-state index in [1.165, 1.54) is 193 Å². The summed E-state index contributed by atoms with van der Waals surface area (Å²) in [5, 5.41) is 19.4. The lowest BCUT2D eigenvalue weighted by atomic mass is 10.1. The lowest BCUT2D eigenvalue weighted by Gasteiger charge is -2.22. The highest BCUT2D eigenvalue weighted by Crippen LogP contribution is 2.13. The van der Waals surface area contributed by atoms with E-state index in [2.05, 4.69) is 59.6 Å². The molecule has 0 heterocycles. The fraction of sp³-hybridized carbons (Fsp3) is 0.933. The van der Waals surface area contributed by atoms with Gasteiger partial charge in [0.15, 0.2) is 0 Å². The Morgan fingerprint density at radius 1 is 0.236 bits per heavy atom. The number of nitrogens with one attached hydrogen (secondary N) is 6. The van der Waals surface area contributed by atoms with Gasteiger partial charge in [0, 0.05) is 65.4 Å². The van der Waals surface area contributed by atoms with Crippen molar-refractivity contribution in [1.29, 1.82) is 0 Å². The van der Waals surface area contributed by atoms with Crippen LogP contribution in [0.5, 0.6) is 0 Å². The molecule has 0 aliphatic carbocycles. The number of carbonyl (C=O) groups is 4. The molecular weight excluding hydrogens is 897 g/mol. The molecule has 0 aliphatic rings. The molecule has 72 heavy (non-hydrogen) atoms. The summed E-state index contributed by atoms with van der Waals surface area (Å²) < 4.78 is 0. The number of unbranched alkanes of at least 4 members (excludes halogenated alkanes) is 34. The van der Waals surface area contributed by atoms with E-state index < -0.39 is 0 Å². The van der Waals surface area contributed by atoms with Crippen molar-refractivity contribution in [3.63, 3.8) is 0 Å². The first-order chi connectivity index (χ1) is 35.4. The quantitative estimate of drug-likeness (QED) is 0.0330. The predicted molar refractivity (Wildman–Crippen MR) is 309 cm³/mol. The highest BCUT2D eigenvalue weighted by atomic mass is 16.2. The van der Waals surface area contributed by atoms with Crippen LogP contribution >= 0.6 is 0 Å². The summed E-state index contributed by atoms with van der Waals surface area (Å²) in [6.07, 6.45) is 47.7. The lowest BCUT2D eigenvalue weighted by Crippen LogP contribution is -2.46. The number of rotatable bonds is 59. The molecule has 6 N–H and O–H groups in total. The second kappa shape index (κ2) is 58.0. The van der Waals surface area contributed by atoms with Gasteiger partial charge in [-0.15, -0.1) is 0 Å². The van der Waals surface area contributed by atoms with Crippen molar-refractivity contribution in [3.05, 3.63) is 0 Å². The van der Waals surface area contributed by atoms with Gasteiger partial charge in [0.05, 0.1) is 26.2 Å². The zero-order chi connectivity index (χ0) is 52.5. The van der Waals surface area contributed by atoms with Gasteiger partial charge in [0.25, 0.3) is 0 Å². The first kappa shape index (κ1) is 69.7. The lowest BCUT2D eigenvalue weighted by molar-refractivity contribution is -0.126. The molecule has 0 atom stereocenters. The second-order valence-corrected chi connectivity index (χ2v) is 21.3. The molecule has 0 aliphatic heterocycles. The number of amides is 4. The molecule has 0 radical (unpaired) electrons. The van der Waals surface area contributed by atoms with E-state index in [-0.39, 0.29) is 49.8 Å². The van der Waals surface area contributed by atoms with E-state index in [0.717, 1.165) is 64.5 Å². The van der Waals surface area contributed by atoms with Gasteiger partial charge in [-0.05, 0) is 25.7 Å². The monoisotopic (exact) mass is 1020 g/mol. The van der Waals surface area contributed by atoms with Crippen molar-refractivity contribution in [1.82, 2.24) is 41.7 Å². The summed E-state index contributed by atoms with van der Waals surface area (Å²) in [5.41, 5.74) is 0. The molecular formula is C60H122N8O4. The van der Waals surface area contributed by atoms with E-state index in [0.29, 0.717) is 52.4 Å². The van der Waals surface area contributed by atoms with Crippen molar-refractivity contribution in [2.45, 2.75) is 272 Å². The molecule has 0 unspecified atom stereocenters. The van der Waals surface area contributed by atoms with Crippen LogP contribution in [0.4, 0.5) is 0 Å². The molecule has 0 aromatic heterocycles. The molecule has 12 heteroatoms. The number of hydrogen-bond donors (Lipinski definition) is 6. The van der Waals surface area contributed by atoms with Crippen LogP contribution in [0, 0.1) is 0 Å². The Morgan fingerprint density at radius 3 is 0.611 bits per heavy atom. The molecule has 0 aromatic carbocycles. The van der Waals surface area contributed by atoms with Gasteiger partial charge in [-0.3, -0.25) is 29.0 Å². The van der Waals surface area contributed by atoms with Gasteiger partial charge < -0.3 is 31.9 Å².